The molecule has 3 aromatic rings. The van der Waals surface area contributed by atoms with Gasteiger partial charge >= 0.3 is 35.0 Å². The van der Waals surface area contributed by atoms with Crippen LogP contribution in [0.15, 0.2) is 23.0 Å². The second-order valence-corrected chi connectivity index (χ2v) is 17.8. The molecule has 0 aromatic carbocycles. The van der Waals surface area contributed by atoms with Gasteiger partial charge in [0.25, 0.3) is 0 Å². The van der Waals surface area contributed by atoms with Crippen LogP contribution in [0.25, 0.3) is 29.1 Å². The number of rotatable bonds is 16. The van der Waals surface area contributed by atoms with Crippen LogP contribution < -0.4 is 25.7 Å². The number of allylic oxidation sites excluding steroid dienone is 3. The molecule has 9 nitrogen and oxygen atoms in total. The smallest absolute Gasteiger partial charge is 0.664 e. The molecule has 1 fully saturated rings. The molecule has 320 valence electrons. The first kappa shape index (κ1) is 47.3. The van der Waals surface area contributed by atoms with Gasteiger partial charge in [-0.1, -0.05) is 124 Å². The molecular weight excluding hydrogens is 761 g/mol. The van der Waals surface area contributed by atoms with Crippen molar-refractivity contribution in [1.82, 2.24) is 15.0 Å². The number of hydrogen-bond acceptors (Lipinski definition) is 5. The summed E-state index contributed by atoms with van der Waals surface area (Å²) in [5.41, 5.74) is 12.2. The van der Waals surface area contributed by atoms with Gasteiger partial charge in [-0.05, 0) is 95.1 Å². The van der Waals surface area contributed by atoms with Crippen LogP contribution in [0.5, 0.6) is 0 Å². The van der Waals surface area contributed by atoms with E-state index in [1.165, 1.54) is 43.9 Å². The number of carbonyl (C=O) groups excluding carboxylic acids is 2. The van der Waals surface area contributed by atoms with E-state index in [-0.39, 0.29) is 53.9 Å². The molecule has 60 heavy (non-hydrogen) atoms. The Morgan fingerprint density at radius 3 is 2.22 bits per heavy atom. The summed E-state index contributed by atoms with van der Waals surface area (Å²) in [6.45, 7) is 21.8. The van der Waals surface area contributed by atoms with Gasteiger partial charge in [-0.2, -0.15) is 11.4 Å². The summed E-state index contributed by atoms with van der Waals surface area (Å²) in [6.07, 6.45) is 16.5. The standard InChI is InChI=1S/C50H66N4O5.Mg/c1-12-34-30(7)37-24-39-32(9)36(20-21-43(55)59-23-22-29(6)19-15-18-28(5)17-14-16-27(3)4)47(53-39)45-46(50(57)58-11)49(56)44-33(10)40(54-48(44)45)26-42-35(13-2)31(8)38(52-42)25-41(34)51-37;/h22,24-28,32,36,46,49,56H,12-21,23H2,1-11H3;/q-4;+2/b29-22-,38-25-,39-24-,42-26-,47-45-;/t28-,32+,36+,46-,49-;/m1./s1. The Labute approximate surface area is 374 Å². The number of aliphatic hydroxyl groups is 1. The van der Waals surface area contributed by atoms with Crippen molar-refractivity contribution >= 4 is 58.8 Å². The van der Waals surface area contributed by atoms with Crippen LogP contribution in [0.4, 0.5) is 0 Å². The number of methoxy groups -OCH3 is 1. The van der Waals surface area contributed by atoms with E-state index in [9.17, 15) is 14.7 Å². The predicted molar refractivity (Wildman–Crippen MR) is 241 cm³/mol. The van der Waals surface area contributed by atoms with Gasteiger partial charge in [-0.25, -0.2) is 0 Å². The van der Waals surface area contributed by atoms with Gasteiger partial charge in [0.1, 0.15) is 12.5 Å². The molecule has 6 rings (SSSR count). The van der Waals surface area contributed by atoms with Gasteiger partial charge in [0.15, 0.2) is 0 Å². The van der Waals surface area contributed by atoms with Gasteiger partial charge in [0.2, 0.25) is 0 Å². The van der Waals surface area contributed by atoms with Crippen molar-refractivity contribution < 1.29 is 24.2 Å². The molecule has 3 aromatic heterocycles. The van der Waals surface area contributed by atoms with Crippen molar-refractivity contribution in [3.8, 4) is 0 Å². The Balaban J connectivity index is 0.00000683. The quantitative estimate of drug-likeness (QED) is 0.0868. The minimum atomic E-state index is -1.17. The second kappa shape index (κ2) is 20.4. The summed E-state index contributed by atoms with van der Waals surface area (Å²) in [6, 6.07) is 0. The van der Waals surface area contributed by atoms with E-state index >= 15 is 0 Å². The summed E-state index contributed by atoms with van der Waals surface area (Å²) in [5.74, 6) is -0.728. The van der Waals surface area contributed by atoms with E-state index in [4.69, 9.17) is 29.7 Å². The third-order valence-electron chi connectivity index (χ3n) is 13.2. The summed E-state index contributed by atoms with van der Waals surface area (Å²) in [5, 5.41) is 19.0. The Hall–Kier alpha value is -3.73. The monoisotopic (exact) mass is 826 g/mol. The molecule has 3 aliphatic rings. The Bertz CT molecular complexity index is 2270. The largest absolute Gasteiger partial charge is 2.00 e. The number of nitrogens with zero attached hydrogens (tertiary/aromatic N) is 4. The van der Waals surface area contributed by atoms with Gasteiger partial charge < -0.3 is 34.8 Å². The summed E-state index contributed by atoms with van der Waals surface area (Å²) in [7, 11) is 1.34. The van der Waals surface area contributed by atoms with Crippen molar-refractivity contribution in [1.29, 1.82) is 0 Å². The average Bonchev–Trinajstić information content (AvgIpc) is 3.94. The molecule has 0 unspecified atom stereocenters. The average molecular weight is 827 g/mol. The maximum Gasteiger partial charge on any atom is 2.00 e. The second-order valence-electron chi connectivity index (χ2n) is 17.8. The number of fused-ring (bicyclic) bond motifs is 7. The van der Waals surface area contributed by atoms with Crippen LogP contribution in [-0.2, 0) is 31.9 Å². The molecule has 0 spiro atoms. The van der Waals surface area contributed by atoms with Crippen LogP contribution in [0, 0.1) is 50.4 Å². The van der Waals surface area contributed by atoms with E-state index in [1.807, 2.05) is 19.1 Å². The number of aromatic nitrogens is 3. The van der Waals surface area contributed by atoms with Crippen LogP contribution in [0.3, 0.4) is 0 Å². The normalized spacial score (nSPS) is 23.2. The molecule has 1 N–H and O–H groups in total. The fraction of sp³-hybridized carbons (Fsp3) is 0.560. The van der Waals surface area contributed by atoms with Crippen molar-refractivity contribution in [2.24, 2.45) is 29.6 Å². The zero-order valence-corrected chi connectivity index (χ0v) is 39.5. The number of ether oxygens (including phenoxy) is 2. The molecule has 1 aliphatic carbocycles. The fourth-order valence-electron chi connectivity index (χ4n) is 9.53. The van der Waals surface area contributed by atoms with E-state index in [1.54, 1.807) is 0 Å². The molecule has 5 heterocycles. The van der Waals surface area contributed by atoms with E-state index in [2.05, 4.69) is 74.5 Å². The Morgan fingerprint density at radius 2 is 1.53 bits per heavy atom. The maximum absolute atomic E-state index is 13.6. The summed E-state index contributed by atoms with van der Waals surface area (Å²) >= 11 is 0. The topological polar surface area (TPSA) is 129 Å². The van der Waals surface area contributed by atoms with Gasteiger partial charge in [-0.15, -0.1) is 33.5 Å². The number of carbonyl (C=O) groups is 2. The van der Waals surface area contributed by atoms with E-state index in [0.717, 1.165) is 87.6 Å². The SMILES string of the molecule is CCc1c2[n-]c(c1C)/C=C1\[N-]/C(=C3\c4[n-]c(c(C)c4[C@@H](O)[C@@H]3C(=O)OC)/C=c3\[n-]/c(c(C)c3CC)=C\2)[C@@H](CCC(=O)OC/C=C(/C)CCC[C@H](C)CCCC(C)C)[C@@H]1C.[Mg+2]. The first-order chi connectivity index (χ1) is 28.2. The van der Waals surface area contributed by atoms with Crippen molar-refractivity contribution in [3.05, 3.63) is 95.2 Å². The number of esters is 2. The zero-order valence-electron chi connectivity index (χ0n) is 38.1. The molecular formula is C50H66MgN4O5-2. The van der Waals surface area contributed by atoms with E-state index < -0.39 is 18.0 Å². The molecule has 0 radical (unpaired) electrons. The van der Waals surface area contributed by atoms with Crippen LogP contribution in [-0.4, -0.2) is 53.8 Å². The van der Waals surface area contributed by atoms with Crippen LogP contribution in [0.2, 0.25) is 0 Å². The molecule has 8 bridgehead atoms. The number of aliphatic hydroxyl groups excluding tert-OH is 1. The number of hydrogen-bond donors (Lipinski definition) is 1. The predicted octanol–water partition coefficient (Wildman–Crippen LogP) is 8.33. The molecule has 0 saturated carbocycles. The third-order valence-corrected chi connectivity index (χ3v) is 13.2. The fourth-order valence-corrected chi connectivity index (χ4v) is 9.53. The molecule has 2 aliphatic heterocycles. The van der Waals surface area contributed by atoms with Gasteiger partial charge in [-0.3, -0.25) is 9.59 Å². The maximum atomic E-state index is 13.6. The Kier molecular flexibility index (Phi) is 16.1. The summed E-state index contributed by atoms with van der Waals surface area (Å²) < 4.78 is 11.1. The van der Waals surface area contributed by atoms with Crippen molar-refractivity contribution in [3.63, 3.8) is 0 Å². The van der Waals surface area contributed by atoms with Gasteiger partial charge in [0.05, 0.1) is 13.2 Å². The van der Waals surface area contributed by atoms with E-state index in [0.29, 0.717) is 34.6 Å². The van der Waals surface area contributed by atoms with Gasteiger partial charge in [0, 0.05) is 6.42 Å². The van der Waals surface area contributed by atoms with Crippen LogP contribution in [0.1, 0.15) is 162 Å². The molecule has 10 heteroatoms. The summed E-state index contributed by atoms with van der Waals surface area (Å²) in [4.78, 5) is 42.4. The first-order valence-corrected chi connectivity index (χ1v) is 22.1. The van der Waals surface area contributed by atoms with Crippen LogP contribution >= 0.6 is 0 Å². The Morgan fingerprint density at radius 1 is 0.850 bits per heavy atom. The minimum Gasteiger partial charge on any atom is -0.664 e. The minimum absolute atomic E-state index is 0. The van der Waals surface area contributed by atoms with Crippen molar-refractivity contribution in [2.75, 3.05) is 13.7 Å². The first-order valence-electron chi connectivity index (χ1n) is 22.1. The molecule has 5 atom stereocenters. The zero-order chi connectivity index (χ0) is 42.7. The molecule has 1 saturated heterocycles. The molecule has 0 amide bonds. The van der Waals surface area contributed by atoms with Crippen molar-refractivity contribution in [2.45, 2.75) is 140 Å². The third kappa shape index (κ3) is 9.81.